The van der Waals surface area contributed by atoms with Gasteiger partial charge >= 0.3 is 5.97 Å². The molecule has 0 unspecified atom stereocenters. The Morgan fingerprint density at radius 3 is 2.28 bits per heavy atom. The second-order valence-corrected chi connectivity index (χ2v) is 6.16. The van der Waals surface area contributed by atoms with Crippen LogP contribution in [-0.2, 0) is 4.74 Å². The summed E-state index contributed by atoms with van der Waals surface area (Å²) in [5.74, 6) is 1.85. The number of esters is 1. The average molecular weight is 393 g/mol. The zero-order chi connectivity index (χ0) is 20.2. The SMILES string of the molecule is COC(=O)c1ccc(Nc2ncnc(Nc3ccc4c(c3)OCCO4)c2N)cc1. The van der Waals surface area contributed by atoms with E-state index in [4.69, 9.17) is 19.9 Å². The van der Waals surface area contributed by atoms with Gasteiger partial charge in [0.15, 0.2) is 23.1 Å². The minimum Gasteiger partial charge on any atom is -0.486 e. The molecule has 3 aromatic rings. The summed E-state index contributed by atoms with van der Waals surface area (Å²) < 4.78 is 15.8. The first-order valence-corrected chi connectivity index (χ1v) is 8.86. The van der Waals surface area contributed by atoms with Gasteiger partial charge in [-0.2, -0.15) is 0 Å². The van der Waals surface area contributed by atoms with Gasteiger partial charge in [0.2, 0.25) is 0 Å². The van der Waals surface area contributed by atoms with Gasteiger partial charge in [-0.1, -0.05) is 0 Å². The molecule has 0 fully saturated rings. The molecule has 0 spiro atoms. The van der Waals surface area contributed by atoms with Crippen molar-refractivity contribution in [1.82, 2.24) is 9.97 Å². The van der Waals surface area contributed by atoms with Crippen molar-refractivity contribution in [2.75, 3.05) is 36.7 Å². The third-order valence-corrected chi connectivity index (χ3v) is 4.26. The predicted octanol–water partition coefficient (Wildman–Crippen LogP) is 3.10. The van der Waals surface area contributed by atoms with Crippen LogP contribution in [0.4, 0.5) is 28.7 Å². The fraction of sp³-hybridized carbons (Fsp3) is 0.150. The Kier molecular flexibility index (Phi) is 5.02. The van der Waals surface area contributed by atoms with Crippen molar-refractivity contribution in [2.24, 2.45) is 0 Å². The van der Waals surface area contributed by atoms with Crippen LogP contribution < -0.4 is 25.8 Å². The van der Waals surface area contributed by atoms with E-state index in [1.807, 2.05) is 18.2 Å². The minimum absolute atomic E-state index is 0.347. The third-order valence-electron chi connectivity index (χ3n) is 4.26. The molecule has 2 aromatic carbocycles. The van der Waals surface area contributed by atoms with E-state index >= 15 is 0 Å². The van der Waals surface area contributed by atoms with E-state index in [1.165, 1.54) is 13.4 Å². The topological polar surface area (TPSA) is 121 Å². The number of ether oxygens (including phenoxy) is 3. The number of anilines is 5. The number of nitrogens with zero attached hydrogens (tertiary/aromatic N) is 2. The van der Waals surface area contributed by atoms with Crippen LogP contribution in [0.15, 0.2) is 48.8 Å². The molecule has 1 aliphatic rings. The molecule has 148 valence electrons. The number of hydrogen-bond donors (Lipinski definition) is 3. The largest absolute Gasteiger partial charge is 0.486 e. The molecule has 0 radical (unpaired) electrons. The molecule has 0 saturated carbocycles. The lowest BCUT2D eigenvalue weighted by atomic mass is 10.2. The molecule has 0 aliphatic carbocycles. The molecule has 9 nitrogen and oxygen atoms in total. The van der Waals surface area contributed by atoms with E-state index in [9.17, 15) is 4.79 Å². The van der Waals surface area contributed by atoms with E-state index in [-0.39, 0.29) is 0 Å². The molecule has 0 saturated heterocycles. The molecule has 4 rings (SSSR count). The van der Waals surface area contributed by atoms with Crippen LogP contribution in [0.3, 0.4) is 0 Å². The van der Waals surface area contributed by atoms with Crippen LogP contribution in [0.1, 0.15) is 10.4 Å². The number of rotatable bonds is 5. The smallest absolute Gasteiger partial charge is 0.337 e. The Labute approximate surface area is 166 Å². The van der Waals surface area contributed by atoms with E-state index in [1.54, 1.807) is 24.3 Å². The van der Waals surface area contributed by atoms with Crippen molar-refractivity contribution in [3.8, 4) is 11.5 Å². The maximum atomic E-state index is 11.5. The number of nitrogens with one attached hydrogen (secondary N) is 2. The van der Waals surface area contributed by atoms with E-state index in [0.717, 1.165) is 5.69 Å². The lowest BCUT2D eigenvalue weighted by Gasteiger charge is -2.19. The highest BCUT2D eigenvalue weighted by Gasteiger charge is 2.14. The fourth-order valence-corrected chi connectivity index (χ4v) is 2.80. The average Bonchev–Trinajstić information content (AvgIpc) is 2.76. The molecule has 0 bridgehead atoms. The predicted molar refractivity (Wildman–Crippen MR) is 108 cm³/mol. The zero-order valence-corrected chi connectivity index (χ0v) is 15.6. The summed E-state index contributed by atoms with van der Waals surface area (Å²) in [6.45, 7) is 1.04. The number of carbonyl (C=O) groups excluding carboxylic acids is 1. The number of aromatic nitrogens is 2. The fourth-order valence-electron chi connectivity index (χ4n) is 2.80. The zero-order valence-electron chi connectivity index (χ0n) is 15.6. The first-order chi connectivity index (χ1) is 14.1. The summed E-state index contributed by atoms with van der Waals surface area (Å²) in [6, 6.07) is 12.3. The standard InChI is InChI=1S/C20H19N5O4/c1-27-20(26)12-2-4-13(5-3-12)24-18-17(21)19(23-11-22-18)25-14-6-7-15-16(10-14)29-9-8-28-15/h2-7,10-11H,8-9,21H2,1H3,(H2,22,23,24,25). The number of benzene rings is 2. The van der Waals surface area contributed by atoms with Crippen molar-refractivity contribution < 1.29 is 19.0 Å². The second-order valence-electron chi connectivity index (χ2n) is 6.16. The van der Waals surface area contributed by atoms with Gasteiger partial charge in [0.05, 0.1) is 12.7 Å². The summed E-state index contributed by atoms with van der Waals surface area (Å²) in [4.78, 5) is 19.9. The molecule has 9 heteroatoms. The summed E-state index contributed by atoms with van der Waals surface area (Å²) in [7, 11) is 1.34. The minimum atomic E-state index is -0.399. The summed E-state index contributed by atoms with van der Waals surface area (Å²) in [5.41, 5.74) is 8.51. The molecule has 2 heterocycles. The lowest BCUT2D eigenvalue weighted by Crippen LogP contribution is -2.15. The van der Waals surface area contributed by atoms with Gasteiger partial charge in [-0.25, -0.2) is 14.8 Å². The van der Waals surface area contributed by atoms with Crippen LogP contribution in [0.25, 0.3) is 0 Å². The Morgan fingerprint density at radius 1 is 0.966 bits per heavy atom. The van der Waals surface area contributed by atoms with Gasteiger partial charge in [-0.15, -0.1) is 0 Å². The normalized spacial score (nSPS) is 12.2. The van der Waals surface area contributed by atoms with Crippen molar-refractivity contribution in [3.05, 3.63) is 54.4 Å². The number of nitrogens with two attached hydrogens (primary N) is 1. The monoisotopic (exact) mass is 393 g/mol. The van der Waals surface area contributed by atoms with Crippen LogP contribution in [0.5, 0.6) is 11.5 Å². The number of methoxy groups -OCH3 is 1. The Morgan fingerprint density at radius 2 is 1.59 bits per heavy atom. The number of nitrogen functional groups attached to an aromatic ring is 1. The highest BCUT2D eigenvalue weighted by atomic mass is 16.6. The molecular weight excluding hydrogens is 374 g/mol. The summed E-state index contributed by atoms with van der Waals surface area (Å²) >= 11 is 0. The first-order valence-electron chi connectivity index (χ1n) is 8.86. The molecule has 4 N–H and O–H groups in total. The molecular formula is C20H19N5O4. The van der Waals surface area contributed by atoms with Crippen LogP contribution in [0.2, 0.25) is 0 Å². The van der Waals surface area contributed by atoms with Crippen LogP contribution >= 0.6 is 0 Å². The van der Waals surface area contributed by atoms with Gasteiger partial charge in [0.25, 0.3) is 0 Å². The summed E-state index contributed by atoms with van der Waals surface area (Å²) in [5, 5.41) is 6.29. The van der Waals surface area contributed by atoms with E-state index in [2.05, 4.69) is 20.6 Å². The van der Waals surface area contributed by atoms with Crippen LogP contribution in [-0.4, -0.2) is 36.3 Å². The molecule has 29 heavy (non-hydrogen) atoms. The lowest BCUT2D eigenvalue weighted by molar-refractivity contribution is 0.0601. The number of carbonyl (C=O) groups is 1. The van der Waals surface area contributed by atoms with Crippen molar-refractivity contribution in [2.45, 2.75) is 0 Å². The first kappa shape index (κ1) is 18.4. The van der Waals surface area contributed by atoms with Gasteiger partial charge in [-0.3, -0.25) is 0 Å². The molecule has 1 aliphatic heterocycles. The van der Waals surface area contributed by atoms with Crippen molar-refractivity contribution >= 4 is 34.7 Å². The number of hydrogen-bond acceptors (Lipinski definition) is 9. The van der Waals surface area contributed by atoms with Crippen molar-refractivity contribution in [3.63, 3.8) is 0 Å². The highest BCUT2D eigenvalue weighted by Crippen LogP contribution is 2.35. The summed E-state index contributed by atoms with van der Waals surface area (Å²) in [6.07, 6.45) is 1.40. The maximum Gasteiger partial charge on any atom is 0.337 e. The van der Waals surface area contributed by atoms with Gasteiger partial charge < -0.3 is 30.6 Å². The van der Waals surface area contributed by atoms with E-state index < -0.39 is 5.97 Å². The van der Waals surface area contributed by atoms with Gasteiger partial charge in [-0.05, 0) is 36.4 Å². The Balaban J connectivity index is 1.52. The Bertz CT molecular complexity index is 1040. The highest BCUT2D eigenvalue weighted by molar-refractivity contribution is 5.90. The van der Waals surface area contributed by atoms with Crippen molar-refractivity contribution in [1.29, 1.82) is 0 Å². The van der Waals surface area contributed by atoms with Gasteiger partial charge in [0.1, 0.15) is 25.2 Å². The van der Waals surface area contributed by atoms with E-state index in [0.29, 0.717) is 53.3 Å². The molecule has 0 amide bonds. The van der Waals surface area contributed by atoms with Crippen LogP contribution in [0, 0.1) is 0 Å². The Hall–Kier alpha value is -4.01. The molecule has 1 aromatic heterocycles. The van der Waals surface area contributed by atoms with Gasteiger partial charge in [0, 0.05) is 17.4 Å². The maximum absolute atomic E-state index is 11.5. The quantitative estimate of drug-likeness (QED) is 0.561. The number of fused-ring (bicyclic) bond motifs is 1. The second kappa shape index (κ2) is 7.93. The third kappa shape index (κ3) is 3.98. The molecule has 0 atom stereocenters.